The molecule has 1 amide bonds. The number of nitrogens with one attached hydrogen (secondary N) is 2. The molecule has 0 spiro atoms. The van der Waals surface area contributed by atoms with Gasteiger partial charge in [-0.1, -0.05) is 0 Å². The lowest BCUT2D eigenvalue weighted by Gasteiger charge is -2.04. The van der Waals surface area contributed by atoms with Crippen LogP contribution in [0.4, 0.5) is 19.0 Å². The molecule has 0 fully saturated rings. The number of hydrogen-bond acceptors (Lipinski definition) is 4. The average Bonchev–Trinajstić information content (AvgIpc) is 2.94. The molecule has 0 aliphatic rings. The summed E-state index contributed by atoms with van der Waals surface area (Å²) in [5, 5.41) is 8.53. The summed E-state index contributed by atoms with van der Waals surface area (Å²) in [7, 11) is 1.53. The molecule has 0 aliphatic carbocycles. The normalized spacial score (nSPS) is 11.1. The van der Waals surface area contributed by atoms with E-state index in [4.69, 9.17) is 4.74 Å². The van der Waals surface area contributed by atoms with Crippen molar-refractivity contribution in [1.82, 2.24) is 10.2 Å². The van der Waals surface area contributed by atoms with E-state index in [0.29, 0.717) is 11.4 Å². The maximum Gasteiger partial charge on any atom is 0.450 e. The highest BCUT2D eigenvalue weighted by molar-refractivity contribution is 6.05. The molecular formula is C14H12F3N3O3. The van der Waals surface area contributed by atoms with Crippen molar-refractivity contribution in [3.8, 4) is 17.0 Å². The minimum absolute atomic E-state index is 0.0239. The Hall–Kier alpha value is -2.84. The zero-order valence-corrected chi connectivity index (χ0v) is 11.9. The second-order valence-corrected chi connectivity index (χ2v) is 4.54. The molecule has 23 heavy (non-hydrogen) atoms. The topological polar surface area (TPSA) is 84.1 Å². The Labute approximate surface area is 128 Å². The predicted octanol–water partition coefficient (Wildman–Crippen LogP) is 2.55. The molecule has 0 bridgehead atoms. The first-order valence-corrected chi connectivity index (χ1v) is 6.39. The minimum Gasteiger partial charge on any atom is -0.497 e. The van der Waals surface area contributed by atoms with Crippen LogP contribution in [-0.2, 0) is 9.59 Å². The SMILES string of the molecule is COc1ccc(-c2cc(NC(=O)CC(=O)C(F)(F)F)n[nH]2)cc1. The van der Waals surface area contributed by atoms with Crippen LogP contribution in [-0.4, -0.2) is 35.2 Å². The van der Waals surface area contributed by atoms with E-state index < -0.39 is 24.3 Å². The highest BCUT2D eigenvalue weighted by atomic mass is 19.4. The van der Waals surface area contributed by atoms with Gasteiger partial charge in [-0.2, -0.15) is 18.3 Å². The third-order valence-corrected chi connectivity index (χ3v) is 2.88. The van der Waals surface area contributed by atoms with Gasteiger partial charge in [-0.05, 0) is 29.8 Å². The highest BCUT2D eigenvalue weighted by Crippen LogP contribution is 2.23. The van der Waals surface area contributed by atoms with Gasteiger partial charge in [0.15, 0.2) is 5.82 Å². The number of aromatic amines is 1. The molecule has 1 aromatic heterocycles. The molecular weight excluding hydrogens is 315 g/mol. The van der Waals surface area contributed by atoms with E-state index >= 15 is 0 Å². The Bertz CT molecular complexity index is 708. The molecule has 9 heteroatoms. The molecule has 6 nitrogen and oxygen atoms in total. The molecule has 1 heterocycles. The summed E-state index contributed by atoms with van der Waals surface area (Å²) < 4.78 is 41.2. The van der Waals surface area contributed by atoms with E-state index in [1.54, 1.807) is 24.3 Å². The number of halogens is 3. The molecule has 0 saturated carbocycles. The second-order valence-electron chi connectivity index (χ2n) is 4.54. The molecule has 2 rings (SSSR count). The zero-order valence-electron chi connectivity index (χ0n) is 11.9. The van der Waals surface area contributed by atoms with E-state index in [1.807, 2.05) is 0 Å². The van der Waals surface area contributed by atoms with Crippen molar-refractivity contribution in [2.24, 2.45) is 0 Å². The molecule has 0 aliphatic heterocycles. The fraction of sp³-hybridized carbons (Fsp3) is 0.214. The molecule has 122 valence electrons. The summed E-state index contributed by atoms with van der Waals surface area (Å²) in [6.07, 6.45) is -6.31. The summed E-state index contributed by atoms with van der Waals surface area (Å²) in [5.41, 5.74) is 1.29. The maximum absolute atomic E-state index is 12.1. The number of nitrogens with zero attached hydrogens (tertiary/aromatic N) is 1. The van der Waals surface area contributed by atoms with Gasteiger partial charge in [-0.15, -0.1) is 0 Å². The van der Waals surface area contributed by atoms with Crippen molar-refractivity contribution in [2.45, 2.75) is 12.6 Å². The van der Waals surface area contributed by atoms with Crippen LogP contribution >= 0.6 is 0 Å². The van der Waals surface area contributed by atoms with Crippen LogP contribution < -0.4 is 10.1 Å². The first kappa shape index (κ1) is 16.5. The van der Waals surface area contributed by atoms with E-state index in [0.717, 1.165) is 5.56 Å². The third-order valence-electron chi connectivity index (χ3n) is 2.88. The first-order valence-electron chi connectivity index (χ1n) is 6.39. The smallest absolute Gasteiger partial charge is 0.450 e. The number of methoxy groups -OCH3 is 1. The van der Waals surface area contributed by atoms with Gasteiger partial charge in [-0.25, -0.2) is 0 Å². The summed E-state index contributed by atoms with van der Waals surface area (Å²) in [6.45, 7) is 0. The molecule has 0 atom stereocenters. The Kier molecular flexibility index (Phi) is 4.68. The van der Waals surface area contributed by atoms with Gasteiger partial charge < -0.3 is 10.1 Å². The number of carbonyl (C=O) groups is 2. The minimum atomic E-state index is -5.03. The number of alkyl halides is 3. The molecule has 0 unspecified atom stereocenters. The fourth-order valence-electron chi connectivity index (χ4n) is 1.74. The van der Waals surface area contributed by atoms with Gasteiger partial charge in [0, 0.05) is 6.07 Å². The predicted molar refractivity (Wildman–Crippen MR) is 74.9 cm³/mol. The number of ketones is 1. The van der Waals surface area contributed by atoms with Crippen LogP contribution in [0.2, 0.25) is 0 Å². The van der Waals surface area contributed by atoms with Crippen molar-refractivity contribution >= 4 is 17.5 Å². The van der Waals surface area contributed by atoms with Crippen molar-refractivity contribution in [3.05, 3.63) is 30.3 Å². The molecule has 1 aromatic carbocycles. The zero-order chi connectivity index (χ0) is 17.0. The van der Waals surface area contributed by atoms with Crippen molar-refractivity contribution in [3.63, 3.8) is 0 Å². The van der Waals surface area contributed by atoms with E-state index in [9.17, 15) is 22.8 Å². The largest absolute Gasteiger partial charge is 0.497 e. The van der Waals surface area contributed by atoms with Gasteiger partial charge in [0.05, 0.1) is 19.2 Å². The van der Waals surface area contributed by atoms with E-state index in [2.05, 4.69) is 15.5 Å². The Morgan fingerprint density at radius 2 is 1.91 bits per heavy atom. The lowest BCUT2D eigenvalue weighted by Crippen LogP contribution is -2.27. The summed E-state index contributed by atoms with van der Waals surface area (Å²) in [5.74, 6) is -2.51. The quantitative estimate of drug-likeness (QED) is 0.827. The number of aromatic nitrogens is 2. The second kappa shape index (κ2) is 6.51. The average molecular weight is 327 g/mol. The Balaban J connectivity index is 2.01. The number of carbonyl (C=O) groups excluding carboxylic acids is 2. The number of benzene rings is 1. The van der Waals surface area contributed by atoms with Crippen LogP contribution in [0.3, 0.4) is 0 Å². The maximum atomic E-state index is 12.1. The number of amides is 1. The molecule has 2 aromatic rings. The number of ether oxygens (including phenoxy) is 1. The van der Waals surface area contributed by atoms with Gasteiger partial charge in [0.1, 0.15) is 5.75 Å². The monoisotopic (exact) mass is 327 g/mol. The van der Waals surface area contributed by atoms with Crippen molar-refractivity contribution in [2.75, 3.05) is 12.4 Å². The first-order chi connectivity index (χ1) is 10.8. The number of rotatable bonds is 5. The van der Waals surface area contributed by atoms with Crippen molar-refractivity contribution in [1.29, 1.82) is 0 Å². The van der Waals surface area contributed by atoms with Crippen LogP contribution in [0.25, 0.3) is 11.3 Å². The van der Waals surface area contributed by atoms with Crippen LogP contribution in [0.5, 0.6) is 5.75 Å². The van der Waals surface area contributed by atoms with Crippen LogP contribution in [0, 0.1) is 0 Å². The van der Waals surface area contributed by atoms with Crippen molar-refractivity contribution < 1.29 is 27.5 Å². The summed E-state index contributed by atoms with van der Waals surface area (Å²) in [4.78, 5) is 22.1. The van der Waals surface area contributed by atoms with Gasteiger partial charge in [-0.3, -0.25) is 14.7 Å². The van der Waals surface area contributed by atoms with Gasteiger partial charge >= 0.3 is 6.18 Å². The number of anilines is 1. The lowest BCUT2D eigenvalue weighted by molar-refractivity contribution is -0.171. The highest BCUT2D eigenvalue weighted by Gasteiger charge is 2.39. The summed E-state index contributed by atoms with van der Waals surface area (Å²) in [6, 6.07) is 8.36. The number of Topliss-reactive ketones (excluding diaryl/α,β-unsaturated/α-hetero) is 1. The van der Waals surface area contributed by atoms with Gasteiger partial charge in [0.25, 0.3) is 0 Å². The molecule has 2 N–H and O–H groups in total. The van der Waals surface area contributed by atoms with Gasteiger partial charge in [0.2, 0.25) is 11.7 Å². The summed E-state index contributed by atoms with van der Waals surface area (Å²) >= 11 is 0. The Morgan fingerprint density at radius 3 is 2.48 bits per heavy atom. The van der Waals surface area contributed by atoms with Crippen LogP contribution in [0.15, 0.2) is 30.3 Å². The van der Waals surface area contributed by atoms with E-state index in [1.165, 1.54) is 13.2 Å². The lowest BCUT2D eigenvalue weighted by atomic mass is 10.1. The number of hydrogen-bond donors (Lipinski definition) is 2. The number of H-pyrrole nitrogens is 1. The van der Waals surface area contributed by atoms with Crippen LogP contribution in [0.1, 0.15) is 6.42 Å². The van der Waals surface area contributed by atoms with E-state index in [-0.39, 0.29) is 5.82 Å². The molecule has 0 radical (unpaired) electrons. The Morgan fingerprint density at radius 1 is 1.26 bits per heavy atom. The fourth-order valence-corrected chi connectivity index (χ4v) is 1.74. The standard InChI is InChI=1S/C14H12F3N3O3/c1-23-9-4-2-8(3-5-9)10-6-12(20-19-10)18-13(22)7-11(21)14(15,16)17/h2-6H,7H2,1H3,(H2,18,19,20,22). The molecule has 0 saturated heterocycles. The third kappa shape index (κ3) is 4.31.